The van der Waals surface area contributed by atoms with Gasteiger partial charge in [-0.1, -0.05) is 38.5 Å². The van der Waals surface area contributed by atoms with Crippen LogP contribution in [-0.4, -0.2) is 12.3 Å². The number of hydrogen-bond acceptors (Lipinski definition) is 2. The molecule has 1 aliphatic rings. The van der Waals surface area contributed by atoms with Gasteiger partial charge in [-0.2, -0.15) is 0 Å². The third-order valence-corrected chi connectivity index (χ3v) is 4.28. The molecule has 0 heterocycles. The largest absolute Gasteiger partial charge is 0.330 e. The molecule has 0 spiro atoms. The van der Waals surface area contributed by atoms with Crippen molar-refractivity contribution in [1.29, 1.82) is 0 Å². The van der Waals surface area contributed by atoms with Crippen LogP contribution >= 0.6 is 0 Å². The van der Waals surface area contributed by atoms with Crippen LogP contribution in [0.5, 0.6) is 0 Å². The lowest BCUT2D eigenvalue weighted by atomic mass is 9.65. The minimum Gasteiger partial charge on any atom is -0.330 e. The molecule has 19 heavy (non-hydrogen) atoms. The van der Waals surface area contributed by atoms with Crippen molar-refractivity contribution in [3.63, 3.8) is 0 Å². The van der Waals surface area contributed by atoms with E-state index in [9.17, 15) is 4.79 Å². The van der Waals surface area contributed by atoms with Gasteiger partial charge in [0.2, 0.25) is 0 Å². The van der Waals surface area contributed by atoms with Gasteiger partial charge < -0.3 is 5.73 Å². The molecule has 1 saturated carbocycles. The molecule has 2 heteroatoms. The van der Waals surface area contributed by atoms with Crippen LogP contribution in [0.3, 0.4) is 0 Å². The Balaban J connectivity index is 2.06. The zero-order chi connectivity index (χ0) is 13.9. The summed E-state index contributed by atoms with van der Waals surface area (Å²) >= 11 is 0. The number of hydrogen-bond donors (Lipinski definition) is 1. The highest BCUT2D eigenvalue weighted by Gasteiger charge is 2.37. The van der Waals surface area contributed by atoms with Crippen molar-refractivity contribution < 1.29 is 4.79 Å². The average molecular weight is 259 g/mol. The van der Waals surface area contributed by atoms with Crippen LogP contribution in [0.15, 0.2) is 24.3 Å². The van der Waals surface area contributed by atoms with Crippen molar-refractivity contribution in [2.75, 3.05) is 6.54 Å². The molecule has 0 aromatic heterocycles. The van der Waals surface area contributed by atoms with Gasteiger partial charge in [-0.25, -0.2) is 0 Å². The first-order valence-corrected chi connectivity index (χ1v) is 7.37. The molecule has 0 unspecified atom stereocenters. The molecule has 2 N–H and O–H groups in total. The predicted molar refractivity (Wildman–Crippen MR) is 79.3 cm³/mol. The lowest BCUT2D eigenvalue weighted by Crippen LogP contribution is -2.39. The first-order chi connectivity index (χ1) is 9.04. The summed E-state index contributed by atoms with van der Waals surface area (Å²) < 4.78 is 0. The highest BCUT2D eigenvalue weighted by atomic mass is 16.1. The third kappa shape index (κ3) is 3.44. The van der Waals surface area contributed by atoms with E-state index in [-0.39, 0.29) is 11.2 Å². The molecule has 0 aliphatic heterocycles. The minimum atomic E-state index is 0.102. The Labute approximate surface area is 116 Å². The second-order valence-electron chi connectivity index (χ2n) is 6.46. The SMILES string of the molecule is CC(C)Cc1cccc(C(=O)CC2(CN)CCC2)c1. The molecule has 1 aromatic carbocycles. The lowest BCUT2D eigenvalue weighted by molar-refractivity contribution is 0.0786. The normalized spacial score (nSPS) is 17.3. The van der Waals surface area contributed by atoms with E-state index in [4.69, 9.17) is 5.73 Å². The fourth-order valence-electron chi connectivity index (χ4n) is 2.92. The predicted octanol–water partition coefficient (Wildman–Crippen LogP) is 3.59. The van der Waals surface area contributed by atoms with Gasteiger partial charge in [0.25, 0.3) is 0 Å². The fourth-order valence-corrected chi connectivity index (χ4v) is 2.92. The fraction of sp³-hybridized carbons (Fsp3) is 0.588. The van der Waals surface area contributed by atoms with E-state index in [1.807, 2.05) is 12.1 Å². The van der Waals surface area contributed by atoms with Crippen molar-refractivity contribution in [2.45, 2.75) is 46.0 Å². The molecule has 2 rings (SSSR count). The van der Waals surface area contributed by atoms with Crippen LogP contribution in [-0.2, 0) is 6.42 Å². The maximum atomic E-state index is 12.4. The number of carbonyl (C=O) groups excluding carboxylic acids is 1. The van der Waals surface area contributed by atoms with Gasteiger partial charge in [0.05, 0.1) is 0 Å². The number of ketones is 1. The summed E-state index contributed by atoms with van der Waals surface area (Å²) in [5, 5.41) is 0. The van der Waals surface area contributed by atoms with Crippen LogP contribution in [0.2, 0.25) is 0 Å². The molecule has 1 aliphatic carbocycles. The number of nitrogens with two attached hydrogens (primary N) is 1. The maximum Gasteiger partial charge on any atom is 0.163 e. The van der Waals surface area contributed by atoms with E-state index in [2.05, 4.69) is 26.0 Å². The topological polar surface area (TPSA) is 43.1 Å². The Morgan fingerprint density at radius 3 is 2.63 bits per heavy atom. The van der Waals surface area contributed by atoms with Crippen molar-refractivity contribution in [3.05, 3.63) is 35.4 Å². The number of carbonyl (C=O) groups is 1. The molecular weight excluding hydrogens is 234 g/mol. The molecule has 2 nitrogen and oxygen atoms in total. The van der Waals surface area contributed by atoms with Crippen LogP contribution in [0.1, 0.15) is 55.5 Å². The van der Waals surface area contributed by atoms with Gasteiger partial charge in [-0.3, -0.25) is 4.79 Å². The van der Waals surface area contributed by atoms with E-state index in [0.717, 1.165) is 24.8 Å². The Bertz CT molecular complexity index is 441. The monoisotopic (exact) mass is 259 g/mol. The summed E-state index contributed by atoms with van der Waals surface area (Å²) in [6.45, 7) is 5.04. The molecule has 1 aromatic rings. The van der Waals surface area contributed by atoms with Crippen molar-refractivity contribution in [1.82, 2.24) is 0 Å². The van der Waals surface area contributed by atoms with Crippen LogP contribution in [0.4, 0.5) is 0 Å². The Morgan fingerprint density at radius 1 is 1.37 bits per heavy atom. The lowest BCUT2D eigenvalue weighted by Gasteiger charge is -2.40. The van der Waals surface area contributed by atoms with Crippen LogP contribution < -0.4 is 5.73 Å². The highest BCUT2D eigenvalue weighted by Crippen LogP contribution is 2.43. The molecule has 0 bridgehead atoms. The maximum absolute atomic E-state index is 12.4. The molecule has 0 radical (unpaired) electrons. The van der Waals surface area contributed by atoms with E-state index in [1.165, 1.54) is 12.0 Å². The minimum absolute atomic E-state index is 0.102. The Kier molecular flexibility index (Phi) is 4.41. The van der Waals surface area contributed by atoms with Crippen LogP contribution in [0.25, 0.3) is 0 Å². The summed E-state index contributed by atoms with van der Waals surface area (Å²) in [5.74, 6) is 0.878. The molecule has 0 amide bonds. The van der Waals surface area contributed by atoms with Gasteiger partial charge in [0.1, 0.15) is 0 Å². The molecular formula is C17H25NO. The summed E-state index contributed by atoms with van der Waals surface area (Å²) in [7, 11) is 0. The number of Topliss-reactive ketones (excluding diaryl/α,β-unsaturated/α-hetero) is 1. The number of benzene rings is 1. The van der Waals surface area contributed by atoms with Gasteiger partial charge in [0.15, 0.2) is 5.78 Å². The van der Waals surface area contributed by atoms with Gasteiger partial charge in [-0.05, 0) is 48.8 Å². The molecule has 0 atom stereocenters. The van der Waals surface area contributed by atoms with Crippen LogP contribution in [0, 0.1) is 11.3 Å². The standard InChI is InChI=1S/C17H25NO/c1-13(2)9-14-5-3-6-15(10-14)16(19)11-17(12-18)7-4-8-17/h3,5-6,10,13H,4,7-9,11-12,18H2,1-2H3. The van der Waals surface area contributed by atoms with E-state index in [0.29, 0.717) is 18.9 Å². The highest BCUT2D eigenvalue weighted by molar-refractivity contribution is 5.96. The quantitative estimate of drug-likeness (QED) is 0.793. The summed E-state index contributed by atoms with van der Waals surface area (Å²) in [5.41, 5.74) is 8.06. The first-order valence-electron chi connectivity index (χ1n) is 7.37. The van der Waals surface area contributed by atoms with Gasteiger partial charge >= 0.3 is 0 Å². The first kappa shape index (κ1) is 14.3. The molecule has 1 fully saturated rings. The third-order valence-electron chi connectivity index (χ3n) is 4.28. The zero-order valence-corrected chi connectivity index (χ0v) is 12.1. The Morgan fingerprint density at radius 2 is 2.11 bits per heavy atom. The molecule has 0 saturated heterocycles. The second-order valence-corrected chi connectivity index (χ2v) is 6.46. The van der Waals surface area contributed by atoms with Gasteiger partial charge in [0, 0.05) is 12.0 Å². The van der Waals surface area contributed by atoms with E-state index in [1.54, 1.807) is 0 Å². The van der Waals surface area contributed by atoms with E-state index < -0.39 is 0 Å². The molecule has 104 valence electrons. The number of rotatable bonds is 6. The van der Waals surface area contributed by atoms with E-state index >= 15 is 0 Å². The summed E-state index contributed by atoms with van der Waals surface area (Å²) in [4.78, 5) is 12.4. The summed E-state index contributed by atoms with van der Waals surface area (Å²) in [6, 6.07) is 8.11. The van der Waals surface area contributed by atoms with Crippen molar-refractivity contribution in [3.8, 4) is 0 Å². The Hall–Kier alpha value is -1.15. The van der Waals surface area contributed by atoms with Crippen molar-refractivity contribution >= 4 is 5.78 Å². The smallest absolute Gasteiger partial charge is 0.163 e. The second kappa shape index (κ2) is 5.87. The average Bonchev–Trinajstić information content (AvgIpc) is 2.33. The van der Waals surface area contributed by atoms with Crippen molar-refractivity contribution in [2.24, 2.45) is 17.1 Å². The van der Waals surface area contributed by atoms with Gasteiger partial charge in [-0.15, -0.1) is 0 Å². The zero-order valence-electron chi connectivity index (χ0n) is 12.1. The summed E-state index contributed by atoms with van der Waals surface area (Å²) in [6.07, 6.45) is 5.09.